The molecule has 1 aromatic carbocycles. The highest BCUT2D eigenvalue weighted by atomic mass is 15.3. The van der Waals surface area contributed by atoms with Crippen LogP contribution in [0.5, 0.6) is 0 Å². The zero-order valence-corrected chi connectivity index (χ0v) is 13.4. The summed E-state index contributed by atoms with van der Waals surface area (Å²) in [6, 6.07) is 6.66. The Morgan fingerprint density at radius 2 is 1.90 bits per heavy atom. The lowest BCUT2D eigenvalue weighted by Gasteiger charge is -2.18. The molecule has 0 aliphatic heterocycles. The van der Waals surface area contributed by atoms with Gasteiger partial charge in [0.15, 0.2) is 0 Å². The zero-order chi connectivity index (χ0) is 14.9. The number of nitrogens with one attached hydrogen (secondary N) is 1. The van der Waals surface area contributed by atoms with Gasteiger partial charge in [0.2, 0.25) is 0 Å². The zero-order valence-electron chi connectivity index (χ0n) is 13.4. The van der Waals surface area contributed by atoms with Crippen molar-refractivity contribution in [2.45, 2.75) is 39.7 Å². The predicted octanol–water partition coefficient (Wildman–Crippen LogP) is 3.41. The largest absolute Gasteiger partial charge is 0.316 e. The molecule has 0 saturated carbocycles. The van der Waals surface area contributed by atoms with Gasteiger partial charge in [0.1, 0.15) is 0 Å². The lowest BCUT2D eigenvalue weighted by molar-refractivity contribution is 0.554. The summed E-state index contributed by atoms with van der Waals surface area (Å²) in [5.74, 6) is 0. The molecule has 0 atom stereocenters. The number of benzene rings is 1. The average Bonchev–Trinajstić information content (AvgIpc) is 2.71. The van der Waals surface area contributed by atoms with Gasteiger partial charge in [-0.2, -0.15) is 5.10 Å². The Kier molecular flexibility index (Phi) is 4.00. The molecule has 1 aromatic heterocycles. The van der Waals surface area contributed by atoms with Crippen molar-refractivity contribution in [1.29, 1.82) is 0 Å². The summed E-state index contributed by atoms with van der Waals surface area (Å²) >= 11 is 0. The molecule has 1 N–H and O–H groups in total. The van der Waals surface area contributed by atoms with Crippen molar-refractivity contribution in [3.63, 3.8) is 0 Å². The van der Waals surface area contributed by atoms with E-state index < -0.39 is 0 Å². The van der Waals surface area contributed by atoms with Crippen molar-refractivity contribution in [3.8, 4) is 11.1 Å². The minimum atomic E-state index is 0.0483. The number of nitrogens with zero attached hydrogens (tertiary/aromatic N) is 2. The minimum absolute atomic E-state index is 0.0483. The first-order valence-electron chi connectivity index (χ1n) is 7.11. The maximum absolute atomic E-state index is 4.66. The van der Waals surface area contributed by atoms with Crippen LogP contribution in [0.1, 0.15) is 37.6 Å². The summed E-state index contributed by atoms with van der Waals surface area (Å²) in [7, 11) is 3.96. The molecule has 0 aliphatic carbocycles. The van der Waals surface area contributed by atoms with Gasteiger partial charge in [-0.15, -0.1) is 0 Å². The standard InChI is InChI=1S/C17H25N3/c1-12-9-13(10-18-5)7-8-14(12)15-11-20(6)19-16(15)17(2,3)4/h7-9,11,18H,10H2,1-6H3. The third-order valence-corrected chi connectivity index (χ3v) is 3.50. The number of hydrogen-bond donors (Lipinski definition) is 1. The molecular formula is C17H25N3. The van der Waals surface area contributed by atoms with E-state index in [2.05, 4.69) is 62.5 Å². The van der Waals surface area contributed by atoms with Crippen LogP contribution in [0.25, 0.3) is 11.1 Å². The Balaban J connectivity index is 2.52. The third kappa shape index (κ3) is 2.93. The van der Waals surface area contributed by atoms with Crippen LogP contribution < -0.4 is 5.32 Å². The van der Waals surface area contributed by atoms with Crippen LogP contribution in [0.4, 0.5) is 0 Å². The Labute approximate surface area is 122 Å². The summed E-state index contributed by atoms with van der Waals surface area (Å²) in [5, 5.41) is 7.86. The lowest BCUT2D eigenvalue weighted by Crippen LogP contribution is -2.14. The molecule has 0 spiro atoms. The minimum Gasteiger partial charge on any atom is -0.316 e. The van der Waals surface area contributed by atoms with Crippen LogP contribution in [0.2, 0.25) is 0 Å². The molecular weight excluding hydrogens is 246 g/mol. The maximum atomic E-state index is 4.66. The van der Waals surface area contributed by atoms with Gasteiger partial charge < -0.3 is 5.32 Å². The topological polar surface area (TPSA) is 29.9 Å². The van der Waals surface area contributed by atoms with Gasteiger partial charge in [0.25, 0.3) is 0 Å². The van der Waals surface area contributed by atoms with Crippen LogP contribution in [0.3, 0.4) is 0 Å². The highest BCUT2D eigenvalue weighted by Gasteiger charge is 2.23. The SMILES string of the molecule is CNCc1ccc(-c2cn(C)nc2C(C)(C)C)c(C)c1. The lowest BCUT2D eigenvalue weighted by atomic mass is 9.86. The van der Waals surface area contributed by atoms with E-state index >= 15 is 0 Å². The van der Waals surface area contributed by atoms with Crippen molar-refractivity contribution in [3.05, 3.63) is 41.2 Å². The Hall–Kier alpha value is -1.61. The Bertz CT molecular complexity index is 603. The van der Waals surface area contributed by atoms with Crippen molar-refractivity contribution < 1.29 is 0 Å². The molecule has 108 valence electrons. The first-order valence-corrected chi connectivity index (χ1v) is 7.11. The summed E-state index contributed by atoms with van der Waals surface area (Å²) in [6.07, 6.45) is 2.13. The third-order valence-electron chi connectivity index (χ3n) is 3.50. The van der Waals surface area contributed by atoms with Gasteiger partial charge in [0.05, 0.1) is 5.69 Å². The van der Waals surface area contributed by atoms with Crippen LogP contribution >= 0.6 is 0 Å². The molecule has 0 radical (unpaired) electrons. The van der Waals surface area contributed by atoms with Crippen LogP contribution in [-0.2, 0) is 19.0 Å². The monoisotopic (exact) mass is 271 g/mol. The molecule has 0 aliphatic rings. The van der Waals surface area contributed by atoms with E-state index in [0.717, 1.165) is 12.2 Å². The predicted molar refractivity (Wildman–Crippen MR) is 84.8 cm³/mol. The molecule has 2 rings (SSSR count). The summed E-state index contributed by atoms with van der Waals surface area (Å²) in [4.78, 5) is 0. The number of hydrogen-bond acceptors (Lipinski definition) is 2. The number of aromatic nitrogens is 2. The van der Waals surface area contributed by atoms with E-state index in [0.29, 0.717) is 0 Å². The van der Waals surface area contributed by atoms with Gasteiger partial charge in [-0.25, -0.2) is 0 Å². The highest BCUT2D eigenvalue weighted by molar-refractivity contribution is 5.70. The Morgan fingerprint density at radius 3 is 2.45 bits per heavy atom. The van der Waals surface area contributed by atoms with Crippen molar-refractivity contribution in [2.24, 2.45) is 7.05 Å². The van der Waals surface area contributed by atoms with Gasteiger partial charge in [-0.05, 0) is 30.7 Å². The van der Waals surface area contributed by atoms with E-state index in [9.17, 15) is 0 Å². The van der Waals surface area contributed by atoms with Crippen molar-refractivity contribution in [1.82, 2.24) is 15.1 Å². The second-order valence-corrected chi connectivity index (χ2v) is 6.49. The van der Waals surface area contributed by atoms with Gasteiger partial charge in [-0.3, -0.25) is 4.68 Å². The first kappa shape index (κ1) is 14.8. The summed E-state index contributed by atoms with van der Waals surface area (Å²) in [5.41, 5.74) is 6.35. The van der Waals surface area contributed by atoms with Crippen molar-refractivity contribution in [2.75, 3.05) is 7.05 Å². The van der Waals surface area contributed by atoms with Crippen molar-refractivity contribution >= 4 is 0 Å². The van der Waals surface area contributed by atoms with E-state index in [1.165, 1.54) is 22.3 Å². The smallest absolute Gasteiger partial charge is 0.0756 e. The van der Waals surface area contributed by atoms with Gasteiger partial charge in [0, 0.05) is 30.8 Å². The molecule has 0 saturated heterocycles. The maximum Gasteiger partial charge on any atom is 0.0756 e. The molecule has 0 amide bonds. The molecule has 0 unspecified atom stereocenters. The molecule has 20 heavy (non-hydrogen) atoms. The van der Waals surface area contributed by atoms with Gasteiger partial charge in [-0.1, -0.05) is 39.0 Å². The molecule has 0 fully saturated rings. The number of rotatable bonds is 3. The molecule has 3 nitrogen and oxygen atoms in total. The molecule has 1 heterocycles. The fraction of sp³-hybridized carbons (Fsp3) is 0.471. The summed E-state index contributed by atoms with van der Waals surface area (Å²) in [6.45, 7) is 9.71. The quantitative estimate of drug-likeness (QED) is 0.927. The molecule has 3 heteroatoms. The van der Waals surface area contributed by atoms with Crippen LogP contribution in [0.15, 0.2) is 24.4 Å². The van der Waals surface area contributed by atoms with Crippen LogP contribution in [0, 0.1) is 6.92 Å². The molecule has 0 bridgehead atoms. The fourth-order valence-corrected chi connectivity index (χ4v) is 2.58. The van der Waals surface area contributed by atoms with E-state index in [1.807, 2.05) is 18.8 Å². The van der Waals surface area contributed by atoms with E-state index in [1.54, 1.807) is 0 Å². The second-order valence-electron chi connectivity index (χ2n) is 6.49. The second kappa shape index (κ2) is 5.41. The summed E-state index contributed by atoms with van der Waals surface area (Å²) < 4.78 is 1.91. The fourth-order valence-electron chi connectivity index (χ4n) is 2.58. The Morgan fingerprint density at radius 1 is 1.20 bits per heavy atom. The number of aryl methyl sites for hydroxylation is 2. The highest BCUT2D eigenvalue weighted by Crippen LogP contribution is 2.33. The molecule has 2 aromatic rings. The van der Waals surface area contributed by atoms with Gasteiger partial charge >= 0.3 is 0 Å². The van der Waals surface area contributed by atoms with Crippen LogP contribution in [-0.4, -0.2) is 16.8 Å². The van der Waals surface area contributed by atoms with E-state index in [-0.39, 0.29) is 5.41 Å². The normalized spacial score (nSPS) is 11.9. The average molecular weight is 271 g/mol. The first-order chi connectivity index (χ1) is 9.32. The van der Waals surface area contributed by atoms with E-state index in [4.69, 9.17) is 0 Å².